The monoisotopic (exact) mass is 246 g/mol. The van der Waals surface area contributed by atoms with Gasteiger partial charge in [-0.1, -0.05) is 18.2 Å². The molecule has 0 bridgehead atoms. The molecule has 2 rings (SSSR count). The Bertz CT molecular complexity index is 589. The zero-order valence-electron chi connectivity index (χ0n) is 9.93. The van der Waals surface area contributed by atoms with Crippen molar-refractivity contribution in [2.75, 3.05) is 0 Å². The maximum Gasteiger partial charge on any atom is 0.326 e. The molecule has 3 N–H and O–H groups in total. The predicted octanol–water partition coefficient (Wildman–Crippen LogP) is 1.22. The molecule has 5 nitrogen and oxygen atoms in total. The molecule has 0 aliphatic heterocycles. The van der Waals surface area contributed by atoms with Gasteiger partial charge in [-0.25, -0.2) is 4.79 Å². The number of benzene rings is 1. The lowest BCUT2D eigenvalue weighted by molar-refractivity contribution is -0.140. The summed E-state index contributed by atoms with van der Waals surface area (Å²) in [5.41, 5.74) is 2.82. The maximum absolute atomic E-state index is 11.0. The molecule has 0 spiro atoms. The number of para-hydroxylation sites is 1. The van der Waals surface area contributed by atoms with E-state index in [0.29, 0.717) is 6.41 Å². The van der Waals surface area contributed by atoms with Crippen LogP contribution < -0.4 is 5.32 Å². The average Bonchev–Trinajstić information content (AvgIpc) is 2.65. The molecule has 1 aromatic carbocycles. The third kappa shape index (κ3) is 2.20. The molecule has 0 saturated carbocycles. The van der Waals surface area contributed by atoms with Crippen LogP contribution in [0.2, 0.25) is 0 Å². The Morgan fingerprint density at radius 1 is 1.50 bits per heavy atom. The fourth-order valence-corrected chi connectivity index (χ4v) is 2.10. The Morgan fingerprint density at radius 2 is 2.22 bits per heavy atom. The lowest BCUT2D eigenvalue weighted by Gasteiger charge is -2.11. The van der Waals surface area contributed by atoms with Crippen LogP contribution in [-0.2, 0) is 16.0 Å². The Kier molecular flexibility index (Phi) is 3.32. The number of carbonyl (C=O) groups is 2. The third-order valence-electron chi connectivity index (χ3n) is 3.00. The standard InChI is InChI=1S/C13H14N2O3/c1-8-10(6-12(13(17)18)14-7-16)9-4-2-3-5-11(9)15-8/h2-5,7,12,15H,6H2,1H3,(H,14,16)(H,17,18). The molecule has 0 saturated heterocycles. The number of nitrogens with one attached hydrogen (secondary N) is 2. The van der Waals surface area contributed by atoms with Gasteiger partial charge in [0.2, 0.25) is 6.41 Å². The zero-order chi connectivity index (χ0) is 13.1. The van der Waals surface area contributed by atoms with Crippen LogP contribution in [0.5, 0.6) is 0 Å². The van der Waals surface area contributed by atoms with Gasteiger partial charge in [-0.15, -0.1) is 0 Å². The summed E-state index contributed by atoms with van der Waals surface area (Å²) in [7, 11) is 0. The number of hydrogen-bond donors (Lipinski definition) is 3. The first-order valence-corrected chi connectivity index (χ1v) is 5.62. The van der Waals surface area contributed by atoms with Gasteiger partial charge in [0.1, 0.15) is 6.04 Å². The van der Waals surface area contributed by atoms with E-state index in [4.69, 9.17) is 5.11 Å². The van der Waals surface area contributed by atoms with Crippen LogP contribution in [0.15, 0.2) is 24.3 Å². The van der Waals surface area contributed by atoms with Crippen LogP contribution in [-0.4, -0.2) is 28.5 Å². The van der Waals surface area contributed by atoms with E-state index in [-0.39, 0.29) is 6.42 Å². The highest BCUT2D eigenvalue weighted by atomic mass is 16.4. The number of carboxylic acid groups (broad SMARTS) is 1. The van der Waals surface area contributed by atoms with E-state index in [0.717, 1.165) is 22.2 Å². The summed E-state index contributed by atoms with van der Waals surface area (Å²) in [6.45, 7) is 1.90. The molecule has 0 aliphatic rings. The summed E-state index contributed by atoms with van der Waals surface area (Å²) < 4.78 is 0. The molecule has 1 atom stereocenters. The normalized spacial score (nSPS) is 12.3. The molecule has 1 amide bonds. The lowest BCUT2D eigenvalue weighted by atomic mass is 10.0. The van der Waals surface area contributed by atoms with Crippen molar-refractivity contribution in [2.45, 2.75) is 19.4 Å². The zero-order valence-corrected chi connectivity index (χ0v) is 9.93. The molecular formula is C13H14N2O3. The minimum Gasteiger partial charge on any atom is -0.480 e. The minimum atomic E-state index is -1.04. The van der Waals surface area contributed by atoms with Crippen LogP contribution in [0.25, 0.3) is 10.9 Å². The van der Waals surface area contributed by atoms with Gasteiger partial charge >= 0.3 is 5.97 Å². The van der Waals surface area contributed by atoms with Crippen LogP contribution in [0.1, 0.15) is 11.3 Å². The molecule has 94 valence electrons. The molecule has 18 heavy (non-hydrogen) atoms. The smallest absolute Gasteiger partial charge is 0.326 e. The summed E-state index contributed by atoms with van der Waals surface area (Å²) in [5, 5.41) is 12.3. The molecule has 0 fully saturated rings. The average molecular weight is 246 g/mol. The number of aromatic amines is 1. The van der Waals surface area contributed by atoms with Crippen molar-refractivity contribution >= 4 is 23.3 Å². The molecule has 0 aliphatic carbocycles. The van der Waals surface area contributed by atoms with Crippen molar-refractivity contribution < 1.29 is 14.7 Å². The van der Waals surface area contributed by atoms with Crippen molar-refractivity contribution in [3.05, 3.63) is 35.5 Å². The second-order valence-corrected chi connectivity index (χ2v) is 4.15. The van der Waals surface area contributed by atoms with Crippen molar-refractivity contribution in [1.82, 2.24) is 10.3 Å². The summed E-state index contributed by atoms with van der Waals surface area (Å²) in [5.74, 6) is -1.04. The fourth-order valence-electron chi connectivity index (χ4n) is 2.10. The second-order valence-electron chi connectivity index (χ2n) is 4.15. The number of hydrogen-bond acceptors (Lipinski definition) is 2. The predicted molar refractivity (Wildman–Crippen MR) is 67.4 cm³/mol. The number of aliphatic carboxylic acids is 1. The fraction of sp³-hybridized carbons (Fsp3) is 0.231. The Hall–Kier alpha value is -2.30. The van der Waals surface area contributed by atoms with E-state index in [9.17, 15) is 9.59 Å². The highest BCUT2D eigenvalue weighted by Crippen LogP contribution is 2.23. The Labute approximate surface area is 104 Å². The van der Waals surface area contributed by atoms with Crippen molar-refractivity contribution in [2.24, 2.45) is 0 Å². The van der Waals surface area contributed by atoms with Crippen LogP contribution >= 0.6 is 0 Å². The molecule has 1 heterocycles. The van der Waals surface area contributed by atoms with Crippen molar-refractivity contribution in [1.29, 1.82) is 0 Å². The molecule has 0 radical (unpaired) electrons. The topological polar surface area (TPSA) is 82.2 Å². The van der Waals surface area contributed by atoms with Gasteiger partial charge in [0.15, 0.2) is 0 Å². The lowest BCUT2D eigenvalue weighted by Crippen LogP contribution is -2.37. The number of aryl methyl sites for hydroxylation is 1. The van der Waals surface area contributed by atoms with E-state index < -0.39 is 12.0 Å². The van der Waals surface area contributed by atoms with E-state index in [1.165, 1.54) is 0 Å². The number of carboxylic acids is 1. The first-order chi connectivity index (χ1) is 8.63. The van der Waals surface area contributed by atoms with E-state index >= 15 is 0 Å². The van der Waals surface area contributed by atoms with Gasteiger partial charge in [-0.3, -0.25) is 4.79 Å². The van der Waals surface area contributed by atoms with Gasteiger partial charge in [0.05, 0.1) is 0 Å². The molecular weight excluding hydrogens is 232 g/mol. The number of amides is 1. The number of fused-ring (bicyclic) bond motifs is 1. The minimum absolute atomic E-state index is 0.268. The van der Waals surface area contributed by atoms with E-state index in [1.54, 1.807) is 0 Å². The second kappa shape index (κ2) is 4.91. The molecule has 1 unspecified atom stereocenters. The Balaban J connectivity index is 2.38. The first kappa shape index (κ1) is 12.2. The number of aromatic nitrogens is 1. The summed E-state index contributed by atoms with van der Waals surface area (Å²) in [6.07, 6.45) is 0.687. The van der Waals surface area contributed by atoms with Gasteiger partial charge in [0, 0.05) is 23.0 Å². The SMILES string of the molecule is Cc1[nH]c2ccccc2c1CC(NC=O)C(=O)O. The van der Waals surface area contributed by atoms with Gasteiger partial charge in [-0.05, 0) is 18.6 Å². The molecule has 2 aromatic rings. The summed E-state index contributed by atoms with van der Waals surface area (Å²) >= 11 is 0. The maximum atomic E-state index is 11.0. The van der Waals surface area contributed by atoms with Crippen LogP contribution in [0, 0.1) is 6.92 Å². The van der Waals surface area contributed by atoms with E-state index in [2.05, 4.69) is 10.3 Å². The van der Waals surface area contributed by atoms with Crippen LogP contribution in [0.3, 0.4) is 0 Å². The Morgan fingerprint density at radius 3 is 2.89 bits per heavy atom. The summed E-state index contributed by atoms with van der Waals surface area (Å²) in [4.78, 5) is 24.7. The highest BCUT2D eigenvalue weighted by Gasteiger charge is 2.20. The third-order valence-corrected chi connectivity index (χ3v) is 3.00. The van der Waals surface area contributed by atoms with Gasteiger partial charge in [-0.2, -0.15) is 0 Å². The highest BCUT2D eigenvalue weighted by molar-refractivity contribution is 5.86. The van der Waals surface area contributed by atoms with E-state index in [1.807, 2.05) is 31.2 Å². The largest absolute Gasteiger partial charge is 0.480 e. The van der Waals surface area contributed by atoms with Gasteiger partial charge in [0.25, 0.3) is 0 Å². The number of carbonyl (C=O) groups excluding carboxylic acids is 1. The first-order valence-electron chi connectivity index (χ1n) is 5.62. The number of rotatable bonds is 5. The molecule has 5 heteroatoms. The molecule has 1 aromatic heterocycles. The van der Waals surface area contributed by atoms with Crippen LogP contribution in [0.4, 0.5) is 0 Å². The number of H-pyrrole nitrogens is 1. The summed E-state index contributed by atoms with van der Waals surface area (Å²) in [6, 6.07) is 6.80. The van der Waals surface area contributed by atoms with Crippen molar-refractivity contribution in [3.63, 3.8) is 0 Å². The van der Waals surface area contributed by atoms with Crippen molar-refractivity contribution in [3.8, 4) is 0 Å². The quantitative estimate of drug-likeness (QED) is 0.694. The van der Waals surface area contributed by atoms with Gasteiger partial charge < -0.3 is 15.4 Å².